The van der Waals surface area contributed by atoms with Crippen molar-refractivity contribution in [3.8, 4) is 17.2 Å². The largest absolute Gasteiger partial charge is 0.493 e. The van der Waals surface area contributed by atoms with Crippen LogP contribution >= 0.6 is 0 Å². The molecular weight excluding hydrogens is 418 g/mol. The Kier molecular flexibility index (Phi) is 5.26. The lowest BCUT2D eigenvalue weighted by atomic mass is 10.0. The van der Waals surface area contributed by atoms with E-state index in [0.29, 0.717) is 36.0 Å². The Balaban J connectivity index is 1.40. The Morgan fingerprint density at radius 2 is 1.85 bits per heavy atom. The molecule has 1 saturated carbocycles. The molecule has 0 atom stereocenters. The van der Waals surface area contributed by atoms with Gasteiger partial charge in [0.1, 0.15) is 19.0 Å². The van der Waals surface area contributed by atoms with Gasteiger partial charge in [-0.2, -0.15) is 0 Å². The van der Waals surface area contributed by atoms with Crippen molar-refractivity contribution in [1.82, 2.24) is 4.98 Å². The van der Waals surface area contributed by atoms with Crippen LogP contribution in [0.3, 0.4) is 0 Å². The average Bonchev–Trinajstić information content (AvgIpc) is 3.57. The summed E-state index contributed by atoms with van der Waals surface area (Å²) in [6, 6.07) is 16.9. The summed E-state index contributed by atoms with van der Waals surface area (Å²) in [7, 11) is 1.61. The van der Waals surface area contributed by atoms with E-state index in [1.54, 1.807) is 19.4 Å². The number of carbonyl (C=O) groups excluding carboxylic acids is 1. The lowest BCUT2D eigenvalue weighted by Gasteiger charge is -2.16. The highest BCUT2D eigenvalue weighted by molar-refractivity contribution is 6.06. The van der Waals surface area contributed by atoms with Crippen LogP contribution in [-0.4, -0.2) is 30.1 Å². The molecule has 7 nitrogen and oxygen atoms in total. The molecule has 1 aromatic heterocycles. The Morgan fingerprint density at radius 3 is 2.61 bits per heavy atom. The molecule has 5 rings (SSSR count). The number of rotatable bonds is 8. The SMILES string of the molecule is COc1cc2c(OCc3ccc4c(C(N)=O)cccc4c3)ccnc2cc1OCC1(N)CC1. The average molecular weight is 444 g/mol. The summed E-state index contributed by atoms with van der Waals surface area (Å²) in [5, 5.41) is 2.59. The quantitative estimate of drug-likeness (QED) is 0.427. The maximum absolute atomic E-state index is 11.7. The number of aromatic nitrogens is 1. The Hall–Kier alpha value is -3.84. The predicted molar refractivity (Wildman–Crippen MR) is 127 cm³/mol. The topological polar surface area (TPSA) is 110 Å². The molecule has 1 amide bonds. The van der Waals surface area contributed by atoms with Gasteiger partial charge in [0.15, 0.2) is 11.5 Å². The first-order valence-electron chi connectivity index (χ1n) is 10.8. The fraction of sp³-hybridized carbons (Fsp3) is 0.231. The number of carbonyl (C=O) groups is 1. The monoisotopic (exact) mass is 443 g/mol. The highest BCUT2D eigenvalue weighted by Gasteiger charge is 2.39. The van der Waals surface area contributed by atoms with Gasteiger partial charge in [-0.3, -0.25) is 9.78 Å². The standard InChI is InChI=1S/C26H25N3O4/c1-31-23-12-20-21(13-24(23)33-15-26(28)8-9-26)29-10-7-22(20)32-14-16-5-6-18-17(11-16)3-2-4-19(18)25(27)30/h2-7,10-13H,8-9,14-15,28H2,1H3,(H2,27,30). The molecule has 0 aliphatic heterocycles. The van der Waals surface area contributed by atoms with Gasteiger partial charge in [-0.25, -0.2) is 0 Å². The number of hydrogen-bond acceptors (Lipinski definition) is 6. The number of nitrogens with zero attached hydrogens (tertiary/aromatic N) is 1. The van der Waals surface area contributed by atoms with Crippen molar-refractivity contribution in [3.63, 3.8) is 0 Å². The number of hydrogen-bond donors (Lipinski definition) is 2. The minimum atomic E-state index is -0.441. The lowest BCUT2D eigenvalue weighted by Crippen LogP contribution is -2.29. The first-order chi connectivity index (χ1) is 16.0. The first-order valence-corrected chi connectivity index (χ1v) is 10.8. The zero-order chi connectivity index (χ0) is 23.0. The van der Waals surface area contributed by atoms with Crippen LogP contribution < -0.4 is 25.7 Å². The summed E-state index contributed by atoms with van der Waals surface area (Å²) in [6.07, 6.45) is 3.65. The molecule has 0 saturated heterocycles. The summed E-state index contributed by atoms with van der Waals surface area (Å²) in [5.74, 6) is 1.47. The van der Waals surface area contributed by atoms with Crippen molar-refractivity contribution in [2.45, 2.75) is 25.0 Å². The number of methoxy groups -OCH3 is 1. The summed E-state index contributed by atoms with van der Waals surface area (Å²) in [5.41, 5.74) is 13.6. The summed E-state index contributed by atoms with van der Waals surface area (Å²) in [4.78, 5) is 16.1. The van der Waals surface area contributed by atoms with Crippen molar-refractivity contribution >= 4 is 27.6 Å². The Morgan fingerprint density at radius 1 is 1.00 bits per heavy atom. The van der Waals surface area contributed by atoms with Crippen LogP contribution in [0.4, 0.5) is 0 Å². The summed E-state index contributed by atoms with van der Waals surface area (Å²) < 4.78 is 17.6. The number of nitrogens with two attached hydrogens (primary N) is 2. The van der Waals surface area contributed by atoms with Gasteiger partial charge >= 0.3 is 0 Å². The van der Waals surface area contributed by atoms with Crippen LogP contribution in [-0.2, 0) is 6.61 Å². The van der Waals surface area contributed by atoms with Crippen LogP contribution in [0.1, 0.15) is 28.8 Å². The van der Waals surface area contributed by atoms with Crippen LogP contribution in [0.25, 0.3) is 21.7 Å². The minimum Gasteiger partial charge on any atom is -0.493 e. The molecule has 3 aromatic carbocycles. The second kappa shape index (κ2) is 8.26. The summed E-state index contributed by atoms with van der Waals surface area (Å²) >= 11 is 0. The molecule has 4 aromatic rings. The van der Waals surface area contributed by atoms with Crippen LogP contribution in [0, 0.1) is 0 Å². The third-order valence-electron chi connectivity index (χ3n) is 6.00. The number of primary amides is 1. The molecule has 0 bridgehead atoms. The highest BCUT2D eigenvalue weighted by Crippen LogP contribution is 2.38. The van der Waals surface area contributed by atoms with E-state index in [2.05, 4.69) is 4.98 Å². The third-order valence-corrected chi connectivity index (χ3v) is 6.00. The number of fused-ring (bicyclic) bond motifs is 2. The van der Waals surface area contributed by atoms with Gasteiger partial charge in [0.25, 0.3) is 0 Å². The first kappa shape index (κ1) is 21.0. The Labute approximate surface area is 191 Å². The molecule has 0 radical (unpaired) electrons. The molecule has 0 spiro atoms. The smallest absolute Gasteiger partial charge is 0.249 e. The minimum absolute atomic E-state index is 0.226. The second-order valence-corrected chi connectivity index (χ2v) is 8.49. The second-order valence-electron chi connectivity index (χ2n) is 8.49. The highest BCUT2D eigenvalue weighted by atomic mass is 16.5. The van der Waals surface area contributed by atoms with Crippen molar-refractivity contribution in [3.05, 3.63) is 71.9 Å². The van der Waals surface area contributed by atoms with Gasteiger partial charge in [0.2, 0.25) is 5.91 Å². The van der Waals surface area contributed by atoms with Crippen molar-refractivity contribution in [2.24, 2.45) is 11.5 Å². The molecule has 168 valence electrons. The number of ether oxygens (including phenoxy) is 3. The summed E-state index contributed by atoms with van der Waals surface area (Å²) in [6.45, 7) is 0.802. The molecular formula is C26H25N3O4. The van der Waals surface area contributed by atoms with Crippen LogP contribution in [0.5, 0.6) is 17.2 Å². The van der Waals surface area contributed by atoms with E-state index in [4.69, 9.17) is 25.7 Å². The van der Waals surface area contributed by atoms with E-state index in [1.165, 1.54) is 0 Å². The van der Waals surface area contributed by atoms with Gasteiger partial charge in [0.05, 0.1) is 18.2 Å². The van der Waals surface area contributed by atoms with Crippen molar-refractivity contribution < 1.29 is 19.0 Å². The van der Waals surface area contributed by atoms with Gasteiger partial charge < -0.3 is 25.7 Å². The molecule has 1 aliphatic carbocycles. The third kappa shape index (κ3) is 4.27. The van der Waals surface area contributed by atoms with Crippen molar-refractivity contribution in [2.75, 3.05) is 13.7 Å². The molecule has 0 unspecified atom stereocenters. The predicted octanol–water partition coefficient (Wildman–Crippen LogP) is 3.94. The molecule has 7 heteroatoms. The molecule has 1 fully saturated rings. The lowest BCUT2D eigenvalue weighted by molar-refractivity contribution is 0.100. The van der Waals surface area contributed by atoms with E-state index in [-0.39, 0.29) is 5.54 Å². The zero-order valence-electron chi connectivity index (χ0n) is 18.3. The fourth-order valence-electron chi connectivity index (χ4n) is 3.85. The van der Waals surface area contributed by atoms with Crippen molar-refractivity contribution in [1.29, 1.82) is 0 Å². The van der Waals surface area contributed by atoms with E-state index < -0.39 is 5.91 Å². The fourth-order valence-corrected chi connectivity index (χ4v) is 3.85. The molecule has 1 heterocycles. The van der Waals surface area contributed by atoms with Gasteiger partial charge in [-0.05, 0) is 53.4 Å². The van der Waals surface area contributed by atoms with Gasteiger partial charge in [0, 0.05) is 23.2 Å². The maximum Gasteiger partial charge on any atom is 0.249 e. The van der Waals surface area contributed by atoms with Gasteiger partial charge in [-0.15, -0.1) is 0 Å². The van der Waals surface area contributed by atoms with E-state index in [1.807, 2.05) is 48.5 Å². The van der Waals surface area contributed by atoms with Crippen LogP contribution in [0.2, 0.25) is 0 Å². The molecule has 33 heavy (non-hydrogen) atoms. The number of amides is 1. The molecule has 1 aliphatic rings. The number of benzene rings is 3. The zero-order valence-corrected chi connectivity index (χ0v) is 18.3. The molecule has 4 N–H and O–H groups in total. The van der Waals surface area contributed by atoms with E-state index in [0.717, 1.165) is 40.1 Å². The Bertz CT molecular complexity index is 1360. The van der Waals surface area contributed by atoms with Gasteiger partial charge in [-0.1, -0.05) is 24.3 Å². The normalized spacial score (nSPS) is 14.2. The van der Waals surface area contributed by atoms with Crippen LogP contribution in [0.15, 0.2) is 60.8 Å². The van der Waals surface area contributed by atoms with E-state index in [9.17, 15) is 4.79 Å². The van der Waals surface area contributed by atoms with E-state index >= 15 is 0 Å². The maximum atomic E-state index is 11.7. The number of pyridine rings is 1.